The van der Waals surface area contributed by atoms with E-state index in [0.717, 1.165) is 51.6 Å². The van der Waals surface area contributed by atoms with Crippen LogP contribution in [0.4, 0.5) is 0 Å². The molecular weight excluding hydrogens is 332 g/mol. The van der Waals surface area contributed by atoms with E-state index in [0.29, 0.717) is 35.3 Å². The number of hydrogen-bond donors (Lipinski definition) is 0. The maximum Gasteiger partial charge on any atom is 0.361 e. The number of hydrogen-bond acceptors (Lipinski definition) is 4. The lowest BCUT2D eigenvalue weighted by Gasteiger charge is -2.29. The smallest absolute Gasteiger partial charge is 0.361 e. The zero-order valence-electron chi connectivity index (χ0n) is 18.0. The fourth-order valence-electron chi connectivity index (χ4n) is 2.81. The SMILES string of the molecule is CCCOC(=O)C[N+](C)(C)CCCCCC[N+](C)(C)CC(=O)OCCC. The molecule has 6 heteroatoms. The van der Waals surface area contributed by atoms with Crippen molar-refractivity contribution in [2.24, 2.45) is 0 Å². The normalized spacial score (nSPS) is 12.1. The molecule has 0 saturated heterocycles. The first-order valence-corrected chi connectivity index (χ1v) is 10.1. The predicted molar refractivity (Wildman–Crippen MR) is 105 cm³/mol. The molecule has 0 bridgehead atoms. The molecule has 0 unspecified atom stereocenters. The summed E-state index contributed by atoms with van der Waals surface area (Å²) >= 11 is 0. The third-order valence-electron chi connectivity index (χ3n) is 4.33. The van der Waals surface area contributed by atoms with E-state index in [2.05, 4.69) is 28.2 Å². The molecule has 26 heavy (non-hydrogen) atoms. The fourth-order valence-corrected chi connectivity index (χ4v) is 2.81. The third kappa shape index (κ3) is 14.1. The van der Waals surface area contributed by atoms with Crippen LogP contribution in [0, 0.1) is 0 Å². The lowest BCUT2D eigenvalue weighted by molar-refractivity contribution is -0.884. The Labute approximate surface area is 160 Å². The number of rotatable bonds is 15. The van der Waals surface area contributed by atoms with Gasteiger partial charge >= 0.3 is 11.9 Å². The van der Waals surface area contributed by atoms with Crippen LogP contribution >= 0.6 is 0 Å². The van der Waals surface area contributed by atoms with Gasteiger partial charge in [-0.1, -0.05) is 13.8 Å². The highest BCUT2D eigenvalue weighted by atomic mass is 16.5. The fraction of sp³-hybridized carbons (Fsp3) is 0.900. The average Bonchev–Trinajstić information content (AvgIpc) is 2.53. The first kappa shape index (κ1) is 24.9. The number of ether oxygens (including phenoxy) is 2. The van der Waals surface area contributed by atoms with Gasteiger partial charge < -0.3 is 18.4 Å². The highest BCUT2D eigenvalue weighted by molar-refractivity contribution is 5.70. The highest BCUT2D eigenvalue weighted by Crippen LogP contribution is 2.09. The van der Waals surface area contributed by atoms with Crippen LogP contribution < -0.4 is 0 Å². The minimum Gasteiger partial charge on any atom is -0.462 e. The van der Waals surface area contributed by atoms with Crippen molar-refractivity contribution in [3.63, 3.8) is 0 Å². The molecule has 0 radical (unpaired) electrons. The van der Waals surface area contributed by atoms with Gasteiger partial charge in [-0.25, -0.2) is 9.59 Å². The number of esters is 2. The Morgan fingerprint density at radius 2 is 1.00 bits per heavy atom. The van der Waals surface area contributed by atoms with Crippen molar-refractivity contribution >= 4 is 11.9 Å². The van der Waals surface area contributed by atoms with E-state index in [1.807, 2.05) is 13.8 Å². The molecule has 0 aliphatic heterocycles. The maximum absolute atomic E-state index is 11.7. The van der Waals surface area contributed by atoms with Gasteiger partial charge in [0.15, 0.2) is 13.1 Å². The summed E-state index contributed by atoms with van der Waals surface area (Å²) in [6, 6.07) is 0. The van der Waals surface area contributed by atoms with Crippen molar-refractivity contribution in [2.45, 2.75) is 52.4 Å². The molecule has 0 aromatic carbocycles. The third-order valence-corrected chi connectivity index (χ3v) is 4.33. The van der Waals surface area contributed by atoms with Gasteiger partial charge in [0.25, 0.3) is 0 Å². The Hall–Kier alpha value is -1.14. The van der Waals surface area contributed by atoms with Gasteiger partial charge in [0, 0.05) is 0 Å². The van der Waals surface area contributed by atoms with Crippen LogP contribution in [0.15, 0.2) is 0 Å². The largest absolute Gasteiger partial charge is 0.462 e. The first-order chi connectivity index (χ1) is 12.1. The monoisotopic (exact) mass is 374 g/mol. The van der Waals surface area contributed by atoms with Crippen LogP contribution in [0.3, 0.4) is 0 Å². The second-order valence-corrected chi connectivity index (χ2v) is 8.49. The molecular formula is C20H42N2O4+2. The van der Waals surface area contributed by atoms with E-state index < -0.39 is 0 Å². The van der Waals surface area contributed by atoms with Crippen molar-refractivity contribution in [1.82, 2.24) is 0 Å². The standard InChI is InChI=1S/C20H42N2O4/c1-7-15-25-19(23)17-21(3,4)13-11-9-10-12-14-22(5,6)18-20(24)26-16-8-2/h7-18H2,1-6H3/q+2. The predicted octanol–water partition coefficient (Wildman–Crippen LogP) is 2.61. The van der Waals surface area contributed by atoms with Gasteiger partial charge in [-0.15, -0.1) is 0 Å². The average molecular weight is 375 g/mol. The van der Waals surface area contributed by atoms with Crippen molar-refractivity contribution < 1.29 is 28.0 Å². The molecule has 0 spiro atoms. The summed E-state index contributed by atoms with van der Waals surface area (Å²) in [5, 5.41) is 0. The lowest BCUT2D eigenvalue weighted by Crippen LogP contribution is -2.45. The molecule has 0 aromatic heterocycles. The van der Waals surface area contributed by atoms with Crippen LogP contribution in [-0.2, 0) is 19.1 Å². The van der Waals surface area contributed by atoms with E-state index in [-0.39, 0.29) is 11.9 Å². The first-order valence-electron chi connectivity index (χ1n) is 10.1. The van der Waals surface area contributed by atoms with Gasteiger partial charge in [0.05, 0.1) is 54.5 Å². The number of likely N-dealkylation sites (N-methyl/N-ethyl adjacent to an activating group) is 2. The van der Waals surface area contributed by atoms with E-state index in [4.69, 9.17) is 9.47 Å². The quantitative estimate of drug-likeness (QED) is 0.251. The maximum atomic E-state index is 11.7. The Morgan fingerprint density at radius 3 is 1.31 bits per heavy atom. The second-order valence-electron chi connectivity index (χ2n) is 8.49. The molecule has 0 rings (SSSR count). The summed E-state index contributed by atoms with van der Waals surface area (Å²) in [5.41, 5.74) is 0. The van der Waals surface area contributed by atoms with Crippen LogP contribution in [0.1, 0.15) is 52.4 Å². The molecule has 0 N–H and O–H groups in total. The van der Waals surface area contributed by atoms with Crippen LogP contribution in [0.25, 0.3) is 0 Å². The summed E-state index contributed by atoms with van der Waals surface area (Å²) in [4.78, 5) is 23.5. The Balaban J connectivity index is 3.87. The van der Waals surface area contributed by atoms with Gasteiger partial charge in [-0.05, 0) is 38.5 Å². The number of quaternary nitrogens is 2. The van der Waals surface area contributed by atoms with E-state index in [9.17, 15) is 9.59 Å². The summed E-state index contributed by atoms with van der Waals surface area (Å²) in [6.45, 7) is 7.85. The molecule has 0 aliphatic carbocycles. The second kappa shape index (κ2) is 13.1. The van der Waals surface area contributed by atoms with Crippen molar-refractivity contribution in [3.05, 3.63) is 0 Å². The van der Waals surface area contributed by atoms with Crippen molar-refractivity contribution in [1.29, 1.82) is 0 Å². The van der Waals surface area contributed by atoms with Gasteiger partial charge in [0.2, 0.25) is 0 Å². The Bertz CT molecular complexity index is 371. The van der Waals surface area contributed by atoms with Crippen LogP contribution in [0.5, 0.6) is 0 Å². The van der Waals surface area contributed by atoms with Gasteiger partial charge in [0.1, 0.15) is 0 Å². The molecule has 0 heterocycles. The van der Waals surface area contributed by atoms with E-state index in [1.54, 1.807) is 0 Å². The topological polar surface area (TPSA) is 52.6 Å². The van der Waals surface area contributed by atoms with E-state index in [1.165, 1.54) is 0 Å². The van der Waals surface area contributed by atoms with E-state index >= 15 is 0 Å². The molecule has 0 fully saturated rings. The highest BCUT2D eigenvalue weighted by Gasteiger charge is 2.22. The molecule has 0 aromatic rings. The zero-order valence-corrected chi connectivity index (χ0v) is 18.0. The van der Waals surface area contributed by atoms with Crippen molar-refractivity contribution in [3.8, 4) is 0 Å². The summed E-state index contributed by atoms with van der Waals surface area (Å²) in [7, 11) is 8.31. The number of nitrogens with zero attached hydrogens (tertiary/aromatic N) is 2. The molecule has 0 atom stereocenters. The zero-order chi connectivity index (χ0) is 20.1. The molecule has 6 nitrogen and oxygen atoms in total. The Morgan fingerprint density at radius 1 is 0.654 bits per heavy atom. The number of unbranched alkanes of at least 4 members (excludes halogenated alkanes) is 3. The van der Waals surface area contributed by atoms with Gasteiger partial charge in [-0.3, -0.25) is 0 Å². The van der Waals surface area contributed by atoms with Gasteiger partial charge in [-0.2, -0.15) is 0 Å². The number of carbonyl (C=O) groups excluding carboxylic acids is 2. The molecule has 0 amide bonds. The van der Waals surface area contributed by atoms with Crippen molar-refractivity contribution in [2.75, 3.05) is 67.6 Å². The van der Waals surface area contributed by atoms with Crippen LogP contribution in [0.2, 0.25) is 0 Å². The Kier molecular flexibility index (Phi) is 12.5. The molecule has 0 aliphatic rings. The summed E-state index contributed by atoms with van der Waals surface area (Å²) in [6.07, 6.45) is 6.21. The van der Waals surface area contributed by atoms with Crippen LogP contribution in [-0.4, -0.2) is 88.5 Å². The molecule has 154 valence electrons. The summed E-state index contributed by atoms with van der Waals surface area (Å²) < 4.78 is 11.7. The lowest BCUT2D eigenvalue weighted by atomic mass is 10.1. The minimum absolute atomic E-state index is 0.106. The minimum atomic E-state index is -0.106. The molecule has 0 saturated carbocycles. The summed E-state index contributed by atoms with van der Waals surface area (Å²) in [5.74, 6) is -0.211. The number of carbonyl (C=O) groups is 2.